The molecule has 0 unspecified atom stereocenters. The highest BCUT2D eigenvalue weighted by Gasteiger charge is 2.13. The van der Waals surface area contributed by atoms with Crippen LogP contribution in [-0.4, -0.2) is 11.3 Å². The minimum Gasteiger partial charge on any atom is -0.298 e. The molecule has 0 amide bonds. The first-order chi connectivity index (χ1) is 8.52. The van der Waals surface area contributed by atoms with Gasteiger partial charge in [-0.05, 0) is 18.2 Å². The second-order valence-electron chi connectivity index (χ2n) is 3.46. The van der Waals surface area contributed by atoms with Crippen LogP contribution in [0.4, 0.5) is 0 Å². The van der Waals surface area contributed by atoms with Crippen molar-refractivity contribution in [1.29, 1.82) is 0 Å². The molecule has 2 nitrogen and oxygen atoms in total. The number of nitrogens with zero attached hydrogens (tertiary/aromatic N) is 1. The quantitative estimate of drug-likeness (QED) is 0.564. The van der Waals surface area contributed by atoms with Gasteiger partial charge in [0, 0.05) is 17.3 Å². The smallest absolute Gasteiger partial charge is 0.152 e. The maximum absolute atomic E-state index is 11.0. The summed E-state index contributed by atoms with van der Waals surface area (Å²) in [7, 11) is 0. The topological polar surface area (TPSA) is 30.0 Å². The SMILES string of the molecule is O=Cc1cc(Cl)cnc1-c1cc(Cl)c(Cl)cc1Cl. The van der Waals surface area contributed by atoms with Crippen LogP contribution in [-0.2, 0) is 0 Å². The van der Waals surface area contributed by atoms with Crippen LogP contribution in [0.25, 0.3) is 11.3 Å². The van der Waals surface area contributed by atoms with Crippen LogP contribution in [0.5, 0.6) is 0 Å². The average molecular weight is 321 g/mol. The summed E-state index contributed by atoms with van der Waals surface area (Å²) in [6.07, 6.45) is 2.09. The van der Waals surface area contributed by atoms with Crippen LogP contribution >= 0.6 is 46.4 Å². The Morgan fingerprint density at radius 3 is 2.28 bits per heavy atom. The van der Waals surface area contributed by atoms with Crippen LogP contribution in [0.15, 0.2) is 24.4 Å². The highest BCUT2D eigenvalue weighted by atomic mass is 35.5. The van der Waals surface area contributed by atoms with Crippen LogP contribution in [0.3, 0.4) is 0 Å². The molecular weight excluding hydrogens is 316 g/mol. The summed E-state index contributed by atoms with van der Waals surface area (Å²) in [6, 6.07) is 4.58. The van der Waals surface area contributed by atoms with Crippen LogP contribution < -0.4 is 0 Å². The molecule has 0 bridgehead atoms. The fraction of sp³-hybridized carbons (Fsp3) is 0. The number of aldehydes is 1. The number of benzene rings is 1. The molecular formula is C12H5Cl4NO. The molecule has 92 valence electrons. The molecule has 2 rings (SSSR count). The number of pyridine rings is 1. The van der Waals surface area contributed by atoms with E-state index in [1.165, 1.54) is 18.3 Å². The van der Waals surface area contributed by atoms with Crippen molar-refractivity contribution in [3.8, 4) is 11.3 Å². The van der Waals surface area contributed by atoms with E-state index in [-0.39, 0.29) is 0 Å². The maximum Gasteiger partial charge on any atom is 0.152 e. The largest absolute Gasteiger partial charge is 0.298 e. The molecule has 0 atom stereocenters. The molecule has 0 spiro atoms. The van der Waals surface area contributed by atoms with Gasteiger partial charge in [0.05, 0.1) is 25.8 Å². The first-order valence-electron chi connectivity index (χ1n) is 4.78. The van der Waals surface area contributed by atoms with E-state index in [2.05, 4.69) is 4.98 Å². The Hall–Kier alpha value is -0.800. The number of hydrogen-bond acceptors (Lipinski definition) is 2. The zero-order chi connectivity index (χ0) is 13.3. The summed E-state index contributed by atoms with van der Waals surface area (Å²) in [5.74, 6) is 0. The summed E-state index contributed by atoms with van der Waals surface area (Å²) in [5, 5.41) is 1.41. The van der Waals surface area contributed by atoms with Crippen molar-refractivity contribution in [3.05, 3.63) is 50.0 Å². The maximum atomic E-state index is 11.0. The van der Waals surface area contributed by atoms with Crippen LogP contribution in [0.1, 0.15) is 10.4 Å². The monoisotopic (exact) mass is 319 g/mol. The van der Waals surface area contributed by atoms with Crippen molar-refractivity contribution in [2.75, 3.05) is 0 Å². The predicted molar refractivity (Wildman–Crippen MR) is 75.1 cm³/mol. The van der Waals surface area contributed by atoms with Gasteiger partial charge in [-0.3, -0.25) is 9.78 Å². The molecule has 2 aromatic rings. The third-order valence-electron chi connectivity index (χ3n) is 2.28. The fourth-order valence-electron chi connectivity index (χ4n) is 1.47. The molecule has 0 aliphatic carbocycles. The Balaban J connectivity index is 2.69. The van der Waals surface area contributed by atoms with E-state index < -0.39 is 0 Å². The lowest BCUT2D eigenvalue weighted by atomic mass is 10.1. The molecule has 0 saturated heterocycles. The van der Waals surface area contributed by atoms with E-state index in [0.29, 0.717) is 43.2 Å². The first kappa shape index (κ1) is 13.6. The number of carbonyl (C=O) groups excluding carboxylic acids is 1. The van der Waals surface area contributed by atoms with Crippen molar-refractivity contribution in [2.24, 2.45) is 0 Å². The molecule has 6 heteroatoms. The van der Waals surface area contributed by atoms with Gasteiger partial charge in [0.25, 0.3) is 0 Å². The van der Waals surface area contributed by atoms with Gasteiger partial charge < -0.3 is 0 Å². The van der Waals surface area contributed by atoms with Crippen molar-refractivity contribution in [1.82, 2.24) is 4.98 Å². The summed E-state index contributed by atoms with van der Waals surface area (Å²) in [5.41, 5.74) is 1.28. The van der Waals surface area contributed by atoms with Crippen molar-refractivity contribution in [3.63, 3.8) is 0 Å². The Morgan fingerprint density at radius 1 is 0.944 bits per heavy atom. The van der Waals surface area contributed by atoms with Crippen molar-refractivity contribution < 1.29 is 4.79 Å². The predicted octanol–water partition coefficient (Wildman–Crippen LogP) is 5.17. The molecule has 0 aliphatic heterocycles. The van der Waals surface area contributed by atoms with Gasteiger partial charge >= 0.3 is 0 Å². The zero-order valence-corrected chi connectivity index (χ0v) is 11.8. The number of carbonyl (C=O) groups is 1. The van der Waals surface area contributed by atoms with Gasteiger partial charge in [0.1, 0.15) is 0 Å². The molecule has 0 saturated carbocycles. The normalized spacial score (nSPS) is 10.4. The summed E-state index contributed by atoms with van der Waals surface area (Å²) in [4.78, 5) is 15.1. The molecule has 0 N–H and O–H groups in total. The molecule has 1 aromatic heterocycles. The Bertz CT molecular complexity index is 628. The molecule has 1 heterocycles. The van der Waals surface area contributed by atoms with Crippen molar-refractivity contribution in [2.45, 2.75) is 0 Å². The molecule has 18 heavy (non-hydrogen) atoms. The van der Waals surface area contributed by atoms with Gasteiger partial charge in [0.15, 0.2) is 6.29 Å². The molecule has 0 fully saturated rings. The second-order valence-corrected chi connectivity index (χ2v) is 5.11. The average Bonchev–Trinajstić information content (AvgIpc) is 2.34. The van der Waals surface area contributed by atoms with Gasteiger partial charge in [-0.2, -0.15) is 0 Å². The van der Waals surface area contributed by atoms with E-state index in [1.54, 1.807) is 6.07 Å². The Labute approximate surface area is 123 Å². The lowest BCUT2D eigenvalue weighted by Crippen LogP contribution is -1.93. The van der Waals surface area contributed by atoms with E-state index in [1.807, 2.05) is 0 Å². The number of halogens is 4. The van der Waals surface area contributed by atoms with Gasteiger partial charge in [-0.15, -0.1) is 0 Å². The number of hydrogen-bond donors (Lipinski definition) is 0. The van der Waals surface area contributed by atoms with E-state index in [9.17, 15) is 4.79 Å². The minimum atomic E-state index is 0.336. The number of aromatic nitrogens is 1. The lowest BCUT2D eigenvalue weighted by molar-refractivity contribution is 0.112. The van der Waals surface area contributed by atoms with Gasteiger partial charge in [0.2, 0.25) is 0 Å². The molecule has 0 aliphatic rings. The highest BCUT2D eigenvalue weighted by Crippen LogP contribution is 2.35. The van der Waals surface area contributed by atoms with E-state index in [4.69, 9.17) is 46.4 Å². The van der Waals surface area contributed by atoms with Crippen LogP contribution in [0, 0.1) is 0 Å². The van der Waals surface area contributed by atoms with Crippen LogP contribution in [0.2, 0.25) is 20.1 Å². The van der Waals surface area contributed by atoms with Crippen molar-refractivity contribution >= 4 is 52.7 Å². The Morgan fingerprint density at radius 2 is 1.61 bits per heavy atom. The lowest BCUT2D eigenvalue weighted by Gasteiger charge is -2.08. The fourth-order valence-corrected chi connectivity index (χ4v) is 2.28. The summed E-state index contributed by atoms with van der Waals surface area (Å²) >= 11 is 23.6. The summed E-state index contributed by atoms with van der Waals surface area (Å²) < 4.78 is 0. The van der Waals surface area contributed by atoms with E-state index >= 15 is 0 Å². The Kier molecular flexibility index (Phi) is 4.13. The standard InChI is InChI=1S/C12H5Cl4NO/c13-7-1-6(5-18)12(17-4-7)8-2-10(15)11(16)3-9(8)14/h1-5H. The minimum absolute atomic E-state index is 0.336. The first-order valence-corrected chi connectivity index (χ1v) is 6.29. The third-order valence-corrected chi connectivity index (χ3v) is 3.52. The third kappa shape index (κ3) is 2.62. The van der Waals surface area contributed by atoms with Gasteiger partial charge in [-0.1, -0.05) is 46.4 Å². The molecule has 0 radical (unpaired) electrons. The second kappa shape index (κ2) is 5.45. The zero-order valence-electron chi connectivity index (χ0n) is 8.75. The van der Waals surface area contributed by atoms with E-state index in [0.717, 1.165) is 0 Å². The van der Waals surface area contributed by atoms with Gasteiger partial charge in [-0.25, -0.2) is 0 Å². The summed E-state index contributed by atoms with van der Waals surface area (Å²) in [6.45, 7) is 0. The number of rotatable bonds is 2. The molecule has 1 aromatic carbocycles. The highest BCUT2D eigenvalue weighted by molar-refractivity contribution is 6.44.